The highest BCUT2D eigenvalue weighted by Crippen LogP contribution is 2.15. The van der Waals surface area contributed by atoms with Crippen LogP contribution in [0.5, 0.6) is 0 Å². The monoisotopic (exact) mass is 291 g/mol. The topological polar surface area (TPSA) is 22.0 Å². The second-order valence-electron chi connectivity index (χ2n) is 4.13. The Morgan fingerprint density at radius 1 is 1.24 bits per heavy atom. The number of ketones is 1. The van der Waals surface area contributed by atoms with Gasteiger partial charge in [0.15, 0.2) is 5.78 Å². The summed E-state index contributed by atoms with van der Waals surface area (Å²) in [5, 5.41) is 0. The lowest BCUT2D eigenvalue weighted by atomic mass is 10.2. The van der Waals surface area contributed by atoms with Crippen LogP contribution in [0.25, 0.3) is 0 Å². The van der Waals surface area contributed by atoms with Crippen LogP contribution in [0.15, 0.2) is 41.0 Å². The van der Waals surface area contributed by atoms with Crippen molar-refractivity contribution < 1.29 is 4.79 Å². The zero-order valence-electron chi connectivity index (χ0n) is 9.90. The Morgan fingerprint density at radius 3 is 2.41 bits per heavy atom. The van der Waals surface area contributed by atoms with Crippen LogP contribution in [-0.4, -0.2) is 10.4 Å². The maximum atomic E-state index is 11.4. The van der Waals surface area contributed by atoms with Gasteiger partial charge < -0.3 is 4.57 Å². The molecule has 0 saturated heterocycles. The Hall–Kier alpha value is -1.35. The van der Waals surface area contributed by atoms with Crippen LogP contribution in [0, 0.1) is 6.92 Å². The van der Waals surface area contributed by atoms with Crippen LogP contribution in [0.3, 0.4) is 0 Å². The van der Waals surface area contributed by atoms with Gasteiger partial charge in [0.25, 0.3) is 0 Å². The first-order valence-corrected chi connectivity index (χ1v) is 6.28. The van der Waals surface area contributed by atoms with Crippen molar-refractivity contribution in [3.8, 4) is 0 Å². The molecule has 0 radical (unpaired) electrons. The van der Waals surface area contributed by atoms with Crippen molar-refractivity contribution in [2.45, 2.75) is 20.4 Å². The average molecular weight is 292 g/mol. The van der Waals surface area contributed by atoms with E-state index >= 15 is 0 Å². The highest BCUT2D eigenvalue weighted by molar-refractivity contribution is 9.10. The third-order valence-corrected chi connectivity index (χ3v) is 3.42. The van der Waals surface area contributed by atoms with Gasteiger partial charge in [-0.15, -0.1) is 0 Å². The third-order valence-electron chi connectivity index (χ3n) is 2.89. The highest BCUT2D eigenvalue weighted by Gasteiger charge is 2.08. The van der Waals surface area contributed by atoms with Crippen molar-refractivity contribution in [3.05, 3.63) is 57.8 Å². The lowest BCUT2D eigenvalue weighted by molar-refractivity contribution is 0.101. The summed E-state index contributed by atoms with van der Waals surface area (Å²) in [4.78, 5) is 11.4. The molecule has 0 unspecified atom stereocenters. The third kappa shape index (κ3) is 2.67. The standard InChI is InChI=1S/C14H14BrNO/c1-10-14(11(2)17)7-8-16(10)9-12-3-5-13(15)6-4-12/h3-8H,9H2,1-2H3. The summed E-state index contributed by atoms with van der Waals surface area (Å²) in [7, 11) is 0. The molecule has 88 valence electrons. The van der Waals surface area contributed by atoms with E-state index in [0.717, 1.165) is 22.3 Å². The smallest absolute Gasteiger partial charge is 0.161 e. The predicted molar refractivity (Wildman–Crippen MR) is 72.4 cm³/mol. The van der Waals surface area contributed by atoms with E-state index in [4.69, 9.17) is 0 Å². The van der Waals surface area contributed by atoms with E-state index < -0.39 is 0 Å². The van der Waals surface area contributed by atoms with Crippen molar-refractivity contribution in [1.29, 1.82) is 0 Å². The number of hydrogen-bond acceptors (Lipinski definition) is 1. The van der Waals surface area contributed by atoms with Crippen molar-refractivity contribution in [1.82, 2.24) is 4.57 Å². The molecule has 2 nitrogen and oxygen atoms in total. The molecule has 0 N–H and O–H groups in total. The summed E-state index contributed by atoms with van der Waals surface area (Å²) >= 11 is 3.42. The summed E-state index contributed by atoms with van der Waals surface area (Å²) < 4.78 is 3.18. The maximum absolute atomic E-state index is 11.4. The van der Waals surface area contributed by atoms with E-state index in [1.165, 1.54) is 5.56 Å². The lowest BCUT2D eigenvalue weighted by Crippen LogP contribution is -2.02. The molecule has 0 aliphatic rings. The summed E-state index contributed by atoms with van der Waals surface area (Å²) in [6.07, 6.45) is 1.97. The molecule has 2 aromatic rings. The first-order valence-electron chi connectivity index (χ1n) is 5.49. The number of Topliss-reactive ketones (excluding diaryl/α,β-unsaturated/α-hetero) is 1. The number of nitrogens with zero attached hydrogens (tertiary/aromatic N) is 1. The summed E-state index contributed by atoms with van der Waals surface area (Å²) in [5.41, 5.74) is 3.06. The van der Waals surface area contributed by atoms with Gasteiger partial charge in [-0.05, 0) is 37.6 Å². The molecule has 1 aromatic carbocycles. The van der Waals surface area contributed by atoms with Crippen LogP contribution in [0.4, 0.5) is 0 Å². The van der Waals surface area contributed by atoms with Crippen LogP contribution < -0.4 is 0 Å². The fourth-order valence-electron chi connectivity index (χ4n) is 1.88. The molecule has 0 aliphatic carbocycles. The Balaban J connectivity index is 2.24. The molecular formula is C14H14BrNO. The predicted octanol–water partition coefficient (Wildman–Crippen LogP) is 3.81. The van der Waals surface area contributed by atoms with Crippen LogP contribution >= 0.6 is 15.9 Å². The molecule has 2 rings (SSSR count). The van der Waals surface area contributed by atoms with E-state index in [2.05, 4.69) is 32.6 Å². The second-order valence-corrected chi connectivity index (χ2v) is 5.04. The van der Waals surface area contributed by atoms with E-state index in [-0.39, 0.29) is 5.78 Å². The van der Waals surface area contributed by atoms with E-state index in [0.29, 0.717) is 0 Å². The maximum Gasteiger partial charge on any atom is 0.161 e. The fraction of sp³-hybridized carbons (Fsp3) is 0.214. The molecular weight excluding hydrogens is 278 g/mol. The Kier molecular flexibility index (Phi) is 3.48. The van der Waals surface area contributed by atoms with Crippen LogP contribution in [0.1, 0.15) is 28.5 Å². The minimum Gasteiger partial charge on any atom is -0.347 e. The van der Waals surface area contributed by atoms with Crippen LogP contribution in [-0.2, 0) is 6.54 Å². The normalized spacial score (nSPS) is 10.5. The molecule has 3 heteroatoms. The quantitative estimate of drug-likeness (QED) is 0.788. The van der Waals surface area contributed by atoms with Crippen molar-refractivity contribution in [2.75, 3.05) is 0 Å². The number of carbonyl (C=O) groups is 1. The van der Waals surface area contributed by atoms with Gasteiger partial charge in [-0.1, -0.05) is 28.1 Å². The Labute approximate surface area is 109 Å². The minimum absolute atomic E-state index is 0.122. The largest absolute Gasteiger partial charge is 0.347 e. The SMILES string of the molecule is CC(=O)c1ccn(Cc2ccc(Br)cc2)c1C. The molecule has 0 aliphatic heterocycles. The summed E-state index contributed by atoms with van der Waals surface area (Å²) in [6.45, 7) is 4.38. The number of hydrogen-bond donors (Lipinski definition) is 0. The zero-order valence-corrected chi connectivity index (χ0v) is 11.5. The van der Waals surface area contributed by atoms with Crippen LogP contribution in [0.2, 0.25) is 0 Å². The number of aromatic nitrogens is 1. The highest BCUT2D eigenvalue weighted by atomic mass is 79.9. The summed E-state index contributed by atoms with van der Waals surface area (Å²) in [6, 6.07) is 10.1. The Morgan fingerprint density at radius 2 is 1.88 bits per heavy atom. The lowest BCUT2D eigenvalue weighted by Gasteiger charge is -2.07. The fourth-order valence-corrected chi connectivity index (χ4v) is 2.15. The molecule has 0 atom stereocenters. The molecule has 0 bridgehead atoms. The number of benzene rings is 1. The van der Waals surface area contributed by atoms with Crippen molar-refractivity contribution >= 4 is 21.7 Å². The first kappa shape index (κ1) is 12.1. The van der Waals surface area contributed by atoms with Gasteiger partial charge in [0, 0.05) is 28.5 Å². The van der Waals surface area contributed by atoms with Crippen molar-refractivity contribution in [2.24, 2.45) is 0 Å². The van der Waals surface area contributed by atoms with E-state index in [9.17, 15) is 4.79 Å². The number of halogens is 1. The van der Waals surface area contributed by atoms with Gasteiger partial charge in [-0.25, -0.2) is 0 Å². The Bertz CT molecular complexity index is 540. The van der Waals surface area contributed by atoms with Crippen molar-refractivity contribution in [3.63, 3.8) is 0 Å². The van der Waals surface area contributed by atoms with Gasteiger partial charge >= 0.3 is 0 Å². The van der Waals surface area contributed by atoms with Gasteiger partial charge in [0.1, 0.15) is 0 Å². The molecule has 1 heterocycles. The average Bonchev–Trinajstić information content (AvgIpc) is 2.64. The van der Waals surface area contributed by atoms with Gasteiger partial charge in [-0.2, -0.15) is 0 Å². The molecule has 1 aromatic heterocycles. The molecule has 17 heavy (non-hydrogen) atoms. The minimum atomic E-state index is 0.122. The van der Waals surface area contributed by atoms with Gasteiger partial charge in [0.2, 0.25) is 0 Å². The van der Waals surface area contributed by atoms with Gasteiger partial charge in [-0.3, -0.25) is 4.79 Å². The number of carbonyl (C=O) groups excluding carboxylic acids is 1. The molecule has 0 saturated carbocycles. The van der Waals surface area contributed by atoms with E-state index in [1.54, 1.807) is 6.92 Å². The summed E-state index contributed by atoms with van der Waals surface area (Å²) in [5.74, 6) is 0.122. The first-order chi connectivity index (χ1) is 8.08. The number of rotatable bonds is 3. The zero-order chi connectivity index (χ0) is 12.4. The molecule has 0 amide bonds. The van der Waals surface area contributed by atoms with Gasteiger partial charge in [0.05, 0.1) is 0 Å². The van der Waals surface area contributed by atoms with E-state index in [1.807, 2.05) is 31.3 Å². The second kappa shape index (κ2) is 4.88. The molecule has 0 fully saturated rings. The molecule has 0 spiro atoms.